The minimum Gasteiger partial charge on any atom is -0.365 e. The summed E-state index contributed by atoms with van der Waals surface area (Å²) in [6, 6.07) is 9.22. The van der Waals surface area contributed by atoms with Gasteiger partial charge in [0, 0.05) is 47.5 Å². The summed E-state index contributed by atoms with van der Waals surface area (Å²) in [6.45, 7) is 6.60. The van der Waals surface area contributed by atoms with Crippen molar-refractivity contribution in [3.05, 3.63) is 35.5 Å². The van der Waals surface area contributed by atoms with E-state index in [0.29, 0.717) is 12.1 Å². The molecule has 2 atom stereocenters. The van der Waals surface area contributed by atoms with Crippen LogP contribution >= 0.6 is 11.6 Å². The van der Waals surface area contributed by atoms with Crippen LogP contribution in [0.15, 0.2) is 30.5 Å². The van der Waals surface area contributed by atoms with Gasteiger partial charge in [-0.3, -0.25) is 4.98 Å². The van der Waals surface area contributed by atoms with Gasteiger partial charge in [0.2, 0.25) is 0 Å². The third kappa shape index (κ3) is 2.85. The van der Waals surface area contributed by atoms with E-state index in [4.69, 9.17) is 11.6 Å². The number of hydrogen-bond donors (Lipinski definition) is 1. The average molecular weight is 304 g/mol. The maximum Gasteiger partial charge on any atom is 0.0737 e. The van der Waals surface area contributed by atoms with Crippen LogP contribution in [-0.2, 0) is 0 Å². The Labute approximate surface area is 131 Å². The van der Waals surface area contributed by atoms with Gasteiger partial charge in [-0.2, -0.15) is 0 Å². The highest BCUT2D eigenvalue weighted by Crippen LogP contribution is 2.30. The second-order valence-electron chi connectivity index (χ2n) is 5.72. The van der Waals surface area contributed by atoms with Crippen molar-refractivity contribution in [1.29, 1.82) is 0 Å². The van der Waals surface area contributed by atoms with E-state index in [1.54, 1.807) is 0 Å². The molecule has 1 saturated heterocycles. The van der Waals surface area contributed by atoms with Crippen LogP contribution in [0.25, 0.3) is 10.9 Å². The highest BCUT2D eigenvalue weighted by atomic mass is 35.5. The van der Waals surface area contributed by atoms with Gasteiger partial charge in [-0.25, -0.2) is 0 Å². The van der Waals surface area contributed by atoms with Crippen LogP contribution in [0.5, 0.6) is 0 Å². The molecule has 1 aliphatic heterocycles. The molecular formula is C17H22ClN3. The summed E-state index contributed by atoms with van der Waals surface area (Å²) in [4.78, 5) is 7.01. The standard InChI is InChI=1S/C17H22ClN3/c1-3-13-11-21(14(4-2)10-20-13)17-7-8-19-16-9-12(18)5-6-15(16)17/h5-9,13-14,20H,3-4,10-11H2,1-2H3. The molecule has 0 spiro atoms. The summed E-state index contributed by atoms with van der Waals surface area (Å²) in [5.74, 6) is 0. The number of piperazine rings is 1. The summed E-state index contributed by atoms with van der Waals surface area (Å²) >= 11 is 6.09. The second kappa shape index (κ2) is 6.20. The van der Waals surface area contributed by atoms with Crippen LogP contribution in [0.4, 0.5) is 5.69 Å². The monoisotopic (exact) mass is 303 g/mol. The third-order valence-electron chi connectivity index (χ3n) is 4.46. The maximum absolute atomic E-state index is 6.09. The van der Waals surface area contributed by atoms with Crippen molar-refractivity contribution in [2.24, 2.45) is 0 Å². The largest absolute Gasteiger partial charge is 0.365 e. The molecule has 1 N–H and O–H groups in total. The van der Waals surface area contributed by atoms with E-state index >= 15 is 0 Å². The fourth-order valence-electron chi connectivity index (χ4n) is 3.15. The van der Waals surface area contributed by atoms with Gasteiger partial charge >= 0.3 is 0 Å². The van der Waals surface area contributed by atoms with E-state index < -0.39 is 0 Å². The number of rotatable bonds is 3. The predicted octanol–water partition coefficient (Wildman–Crippen LogP) is 3.86. The van der Waals surface area contributed by atoms with E-state index in [1.165, 1.54) is 11.1 Å². The van der Waals surface area contributed by atoms with Gasteiger partial charge in [0.15, 0.2) is 0 Å². The van der Waals surface area contributed by atoms with Gasteiger partial charge in [-0.15, -0.1) is 0 Å². The number of aromatic nitrogens is 1. The molecule has 112 valence electrons. The Morgan fingerprint density at radius 1 is 1.29 bits per heavy atom. The van der Waals surface area contributed by atoms with Gasteiger partial charge in [-0.1, -0.05) is 25.4 Å². The van der Waals surface area contributed by atoms with E-state index in [2.05, 4.69) is 41.2 Å². The zero-order chi connectivity index (χ0) is 14.8. The van der Waals surface area contributed by atoms with Crippen molar-refractivity contribution in [3.8, 4) is 0 Å². The minimum atomic E-state index is 0.536. The first-order chi connectivity index (χ1) is 10.2. The molecule has 1 aromatic heterocycles. The van der Waals surface area contributed by atoms with Gasteiger partial charge < -0.3 is 10.2 Å². The molecule has 21 heavy (non-hydrogen) atoms. The Bertz CT molecular complexity index is 628. The molecule has 1 aromatic carbocycles. The van der Waals surface area contributed by atoms with Crippen LogP contribution in [-0.4, -0.2) is 30.2 Å². The smallest absolute Gasteiger partial charge is 0.0737 e. The first kappa shape index (κ1) is 14.6. The van der Waals surface area contributed by atoms with Crippen LogP contribution in [0.2, 0.25) is 5.02 Å². The topological polar surface area (TPSA) is 28.2 Å². The third-order valence-corrected chi connectivity index (χ3v) is 4.69. The zero-order valence-electron chi connectivity index (χ0n) is 12.6. The van der Waals surface area contributed by atoms with Crippen LogP contribution in [0, 0.1) is 0 Å². The summed E-state index contributed by atoms with van der Waals surface area (Å²) in [5, 5.41) is 5.58. The number of nitrogens with zero attached hydrogens (tertiary/aromatic N) is 2. The molecule has 0 saturated carbocycles. The highest BCUT2D eigenvalue weighted by molar-refractivity contribution is 6.31. The van der Waals surface area contributed by atoms with Crippen LogP contribution in [0.1, 0.15) is 26.7 Å². The number of nitrogens with one attached hydrogen (secondary N) is 1. The maximum atomic E-state index is 6.09. The zero-order valence-corrected chi connectivity index (χ0v) is 13.4. The molecule has 1 aliphatic rings. The average Bonchev–Trinajstić information content (AvgIpc) is 2.53. The first-order valence-electron chi connectivity index (χ1n) is 7.77. The number of anilines is 1. The van der Waals surface area contributed by atoms with Gasteiger partial charge in [0.25, 0.3) is 0 Å². The van der Waals surface area contributed by atoms with Crippen LogP contribution in [0.3, 0.4) is 0 Å². The van der Waals surface area contributed by atoms with E-state index in [-0.39, 0.29) is 0 Å². The Morgan fingerprint density at radius 3 is 2.90 bits per heavy atom. The van der Waals surface area contributed by atoms with Crippen LogP contribution < -0.4 is 10.2 Å². The Morgan fingerprint density at radius 2 is 2.14 bits per heavy atom. The van der Waals surface area contributed by atoms with E-state index in [9.17, 15) is 0 Å². The molecule has 2 heterocycles. The lowest BCUT2D eigenvalue weighted by atomic mass is 10.0. The fourth-order valence-corrected chi connectivity index (χ4v) is 3.32. The number of fused-ring (bicyclic) bond motifs is 1. The quantitative estimate of drug-likeness (QED) is 0.933. The molecule has 0 aliphatic carbocycles. The van der Waals surface area contributed by atoms with Crippen molar-refractivity contribution in [2.75, 3.05) is 18.0 Å². The molecule has 2 aromatic rings. The molecule has 4 heteroatoms. The Balaban J connectivity index is 2.04. The van der Waals surface area contributed by atoms with Gasteiger partial charge in [0.1, 0.15) is 0 Å². The predicted molar refractivity (Wildman–Crippen MR) is 90.3 cm³/mol. The lowest BCUT2D eigenvalue weighted by Gasteiger charge is -2.42. The summed E-state index contributed by atoms with van der Waals surface area (Å²) in [5.41, 5.74) is 2.25. The minimum absolute atomic E-state index is 0.536. The Kier molecular flexibility index (Phi) is 4.32. The first-order valence-corrected chi connectivity index (χ1v) is 8.15. The van der Waals surface area contributed by atoms with Crippen molar-refractivity contribution < 1.29 is 0 Å². The number of halogens is 1. The molecule has 3 rings (SSSR count). The van der Waals surface area contributed by atoms with Crippen molar-refractivity contribution >= 4 is 28.2 Å². The Hall–Kier alpha value is -1.32. The molecule has 0 bridgehead atoms. The summed E-state index contributed by atoms with van der Waals surface area (Å²) in [6.07, 6.45) is 4.19. The van der Waals surface area contributed by atoms with E-state index in [1.807, 2.05) is 18.3 Å². The SMILES string of the molecule is CCC1CN(c2ccnc3cc(Cl)ccc23)C(CC)CN1. The number of pyridine rings is 1. The lowest BCUT2D eigenvalue weighted by molar-refractivity contribution is 0.379. The number of hydrogen-bond acceptors (Lipinski definition) is 3. The molecule has 0 radical (unpaired) electrons. The normalized spacial score (nSPS) is 22.7. The molecule has 2 unspecified atom stereocenters. The van der Waals surface area contributed by atoms with E-state index in [0.717, 1.165) is 36.5 Å². The fraction of sp³-hybridized carbons (Fsp3) is 0.471. The summed E-state index contributed by atoms with van der Waals surface area (Å²) < 4.78 is 0. The van der Waals surface area contributed by atoms with Gasteiger partial charge in [0.05, 0.1) is 5.52 Å². The molecule has 3 nitrogen and oxygen atoms in total. The van der Waals surface area contributed by atoms with Gasteiger partial charge in [-0.05, 0) is 37.1 Å². The lowest BCUT2D eigenvalue weighted by Crippen LogP contribution is -2.56. The molecule has 0 amide bonds. The van der Waals surface area contributed by atoms with Crippen molar-refractivity contribution in [1.82, 2.24) is 10.3 Å². The number of benzene rings is 1. The highest BCUT2D eigenvalue weighted by Gasteiger charge is 2.27. The summed E-state index contributed by atoms with van der Waals surface area (Å²) in [7, 11) is 0. The second-order valence-corrected chi connectivity index (χ2v) is 6.16. The molecular weight excluding hydrogens is 282 g/mol. The molecule has 1 fully saturated rings. The van der Waals surface area contributed by atoms with Crippen molar-refractivity contribution in [3.63, 3.8) is 0 Å². The van der Waals surface area contributed by atoms with Crippen molar-refractivity contribution in [2.45, 2.75) is 38.8 Å².